The number of carbonyl (C=O) groups excluding carboxylic acids is 2. The first-order chi connectivity index (χ1) is 11.6. The van der Waals surface area contributed by atoms with Crippen LogP contribution < -0.4 is 5.32 Å². The molecule has 6 nitrogen and oxygen atoms in total. The van der Waals surface area contributed by atoms with Gasteiger partial charge in [-0.15, -0.1) is 11.3 Å². The summed E-state index contributed by atoms with van der Waals surface area (Å²) >= 11 is 1.42. The number of amides is 1. The zero-order chi connectivity index (χ0) is 16.9. The number of nitrogens with zero attached hydrogens (tertiary/aromatic N) is 1. The Hall–Kier alpha value is -2.93. The van der Waals surface area contributed by atoms with E-state index in [0.717, 1.165) is 10.6 Å². The smallest absolute Gasteiger partial charge is 0.338 e. The highest BCUT2D eigenvalue weighted by molar-refractivity contribution is 7.09. The number of ether oxygens (including phenoxy) is 1. The van der Waals surface area contributed by atoms with E-state index >= 15 is 0 Å². The maximum Gasteiger partial charge on any atom is 0.338 e. The molecule has 1 aromatic carbocycles. The highest BCUT2D eigenvalue weighted by Crippen LogP contribution is 2.19. The number of benzene rings is 1. The first kappa shape index (κ1) is 15.9. The van der Waals surface area contributed by atoms with Crippen LogP contribution in [0.4, 0.5) is 5.69 Å². The van der Waals surface area contributed by atoms with Crippen molar-refractivity contribution in [2.45, 2.75) is 13.5 Å². The summed E-state index contributed by atoms with van der Waals surface area (Å²) < 4.78 is 10.3. The molecule has 0 bridgehead atoms. The minimum atomic E-state index is -0.473. The third-order valence-electron chi connectivity index (χ3n) is 3.28. The highest BCUT2D eigenvalue weighted by atomic mass is 32.1. The minimum Gasteiger partial charge on any atom is -0.459 e. The van der Waals surface area contributed by atoms with Crippen molar-refractivity contribution in [2.75, 3.05) is 5.32 Å². The molecule has 0 saturated heterocycles. The molecule has 3 aromatic rings. The highest BCUT2D eigenvalue weighted by Gasteiger charge is 2.14. The molecular formula is C17H14N2O4S. The van der Waals surface area contributed by atoms with Gasteiger partial charge in [0, 0.05) is 17.3 Å². The summed E-state index contributed by atoms with van der Waals surface area (Å²) in [5.41, 5.74) is 1.71. The van der Waals surface area contributed by atoms with E-state index < -0.39 is 5.97 Å². The molecule has 7 heteroatoms. The summed E-state index contributed by atoms with van der Waals surface area (Å²) in [7, 11) is 0. The summed E-state index contributed by atoms with van der Waals surface area (Å²) in [5.74, 6) is -0.652. The van der Waals surface area contributed by atoms with Gasteiger partial charge in [0.2, 0.25) is 0 Å². The number of furan rings is 1. The number of rotatable bonds is 5. The van der Waals surface area contributed by atoms with Crippen molar-refractivity contribution >= 4 is 28.9 Å². The molecule has 3 rings (SSSR count). The van der Waals surface area contributed by atoms with Crippen molar-refractivity contribution in [3.8, 4) is 0 Å². The molecule has 0 saturated carbocycles. The Morgan fingerprint density at radius 1 is 1.33 bits per heavy atom. The molecule has 0 aliphatic rings. The van der Waals surface area contributed by atoms with Gasteiger partial charge >= 0.3 is 5.97 Å². The fraction of sp³-hybridized carbons (Fsp3) is 0.118. The second-order valence-electron chi connectivity index (χ2n) is 4.96. The van der Waals surface area contributed by atoms with Crippen LogP contribution in [0, 0.1) is 6.92 Å². The van der Waals surface area contributed by atoms with Crippen LogP contribution in [-0.4, -0.2) is 16.9 Å². The van der Waals surface area contributed by atoms with Gasteiger partial charge in [0.15, 0.2) is 5.76 Å². The van der Waals surface area contributed by atoms with Crippen LogP contribution in [0.2, 0.25) is 0 Å². The van der Waals surface area contributed by atoms with Gasteiger partial charge in [0.25, 0.3) is 5.91 Å². The average molecular weight is 342 g/mol. The molecule has 0 spiro atoms. The van der Waals surface area contributed by atoms with Gasteiger partial charge < -0.3 is 14.5 Å². The second-order valence-corrected chi connectivity index (χ2v) is 5.94. The van der Waals surface area contributed by atoms with Crippen LogP contribution in [0.1, 0.15) is 31.5 Å². The minimum absolute atomic E-state index is 0.123. The molecule has 0 radical (unpaired) electrons. The van der Waals surface area contributed by atoms with Gasteiger partial charge in [-0.1, -0.05) is 6.07 Å². The molecule has 24 heavy (non-hydrogen) atoms. The fourth-order valence-corrected chi connectivity index (χ4v) is 2.54. The predicted molar refractivity (Wildman–Crippen MR) is 89.1 cm³/mol. The van der Waals surface area contributed by atoms with Gasteiger partial charge in [0.1, 0.15) is 11.6 Å². The number of nitrogens with one attached hydrogen (secondary N) is 1. The summed E-state index contributed by atoms with van der Waals surface area (Å²) in [6.45, 7) is 1.96. The van der Waals surface area contributed by atoms with E-state index in [-0.39, 0.29) is 18.3 Å². The third kappa shape index (κ3) is 3.69. The lowest BCUT2D eigenvalue weighted by Crippen LogP contribution is -2.13. The van der Waals surface area contributed by atoms with Gasteiger partial charge in [-0.3, -0.25) is 4.79 Å². The van der Waals surface area contributed by atoms with Crippen LogP contribution in [0.15, 0.2) is 52.6 Å². The lowest BCUT2D eigenvalue weighted by Gasteiger charge is -2.09. The van der Waals surface area contributed by atoms with Crippen LogP contribution >= 0.6 is 11.3 Å². The topological polar surface area (TPSA) is 81.4 Å². The summed E-state index contributed by atoms with van der Waals surface area (Å²) in [5, 5.41) is 5.27. The normalized spacial score (nSPS) is 10.4. The van der Waals surface area contributed by atoms with E-state index in [1.807, 2.05) is 12.3 Å². The molecule has 2 heterocycles. The van der Waals surface area contributed by atoms with E-state index in [4.69, 9.17) is 9.15 Å². The van der Waals surface area contributed by atoms with E-state index in [1.165, 1.54) is 17.6 Å². The summed E-state index contributed by atoms with van der Waals surface area (Å²) in [4.78, 5) is 28.3. The van der Waals surface area contributed by atoms with Gasteiger partial charge in [0.05, 0.1) is 11.8 Å². The number of aromatic nitrogens is 1. The Balaban J connectivity index is 1.71. The first-order valence-electron chi connectivity index (χ1n) is 7.14. The van der Waals surface area contributed by atoms with Crippen molar-refractivity contribution in [1.82, 2.24) is 4.98 Å². The first-order valence-corrected chi connectivity index (χ1v) is 8.02. The Morgan fingerprint density at radius 2 is 2.21 bits per heavy atom. The molecular weight excluding hydrogens is 328 g/mol. The molecule has 0 aliphatic heterocycles. The van der Waals surface area contributed by atoms with Crippen molar-refractivity contribution in [3.05, 3.63) is 70.1 Å². The van der Waals surface area contributed by atoms with E-state index in [2.05, 4.69) is 10.3 Å². The number of hydrogen-bond donors (Lipinski definition) is 1. The van der Waals surface area contributed by atoms with E-state index in [0.29, 0.717) is 11.3 Å². The molecule has 0 unspecified atom stereocenters. The van der Waals surface area contributed by atoms with E-state index in [1.54, 1.807) is 36.5 Å². The van der Waals surface area contributed by atoms with Crippen LogP contribution in [0.5, 0.6) is 0 Å². The van der Waals surface area contributed by atoms with Gasteiger partial charge in [-0.25, -0.2) is 9.78 Å². The molecule has 0 fully saturated rings. The van der Waals surface area contributed by atoms with Crippen molar-refractivity contribution in [3.63, 3.8) is 0 Å². The zero-order valence-corrected chi connectivity index (χ0v) is 13.6. The van der Waals surface area contributed by atoms with Crippen LogP contribution in [0.3, 0.4) is 0 Å². The summed E-state index contributed by atoms with van der Waals surface area (Å²) in [6.07, 6.45) is 3.08. The largest absolute Gasteiger partial charge is 0.459 e. The number of thiazole rings is 1. The monoisotopic (exact) mass is 342 g/mol. The molecule has 0 atom stereocenters. The number of anilines is 1. The Morgan fingerprint density at radius 3 is 2.92 bits per heavy atom. The standard InChI is InChI=1S/C17H14N2O4S/c1-11-4-5-12(17(21)23-10-15-18-6-8-24-15)9-13(11)19-16(20)14-3-2-7-22-14/h2-9H,10H2,1H3,(H,19,20). The average Bonchev–Trinajstić information content (AvgIpc) is 3.28. The molecule has 1 N–H and O–H groups in total. The lowest BCUT2D eigenvalue weighted by molar-refractivity contribution is 0.0472. The van der Waals surface area contributed by atoms with Gasteiger partial charge in [-0.05, 0) is 36.8 Å². The Kier molecular flexibility index (Phi) is 4.72. The molecule has 122 valence electrons. The Labute approximate surface area is 142 Å². The lowest BCUT2D eigenvalue weighted by atomic mass is 10.1. The predicted octanol–water partition coefficient (Wildman–Crippen LogP) is 3.65. The number of esters is 1. The number of carbonyl (C=O) groups is 2. The summed E-state index contributed by atoms with van der Waals surface area (Å²) in [6, 6.07) is 8.19. The molecule has 0 aliphatic carbocycles. The van der Waals surface area contributed by atoms with Crippen molar-refractivity contribution in [1.29, 1.82) is 0 Å². The fourth-order valence-electron chi connectivity index (χ4n) is 2.01. The van der Waals surface area contributed by atoms with Crippen molar-refractivity contribution < 1.29 is 18.7 Å². The maximum atomic E-state index is 12.1. The maximum absolute atomic E-state index is 12.1. The number of aryl methyl sites for hydroxylation is 1. The van der Waals surface area contributed by atoms with Gasteiger partial charge in [-0.2, -0.15) is 0 Å². The van der Waals surface area contributed by atoms with Crippen LogP contribution in [0.25, 0.3) is 0 Å². The van der Waals surface area contributed by atoms with E-state index in [9.17, 15) is 9.59 Å². The second kappa shape index (κ2) is 7.10. The zero-order valence-electron chi connectivity index (χ0n) is 12.8. The Bertz CT molecular complexity index is 842. The molecule has 2 aromatic heterocycles. The molecule has 1 amide bonds. The quantitative estimate of drug-likeness (QED) is 0.716. The number of hydrogen-bond acceptors (Lipinski definition) is 6. The van der Waals surface area contributed by atoms with Crippen LogP contribution in [-0.2, 0) is 11.3 Å². The SMILES string of the molecule is Cc1ccc(C(=O)OCc2nccs2)cc1NC(=O)c1ccco1. The third-order valence-corrected chi connectivity index (χ3v) is 4.03. The van der Waals surface area contributed by atoms with Crippen molar-refractivity contribution in [2.24, 2.45) is 0 Å².